The number of Topliss-reactive ketones (excluding diaryl/α,β-unsaturated/α-hetero) is 1. The number of rotatable bonds is 5. The maximum atomic E-state index is 12.9. The quantitative estimate of drug-likeness (QED) is 0.458. The van der Waals surface area contributed by atoms with Crippen molar-refractivity contribution in [2.75, 3.05) is 27.2 Å². The van der Waals surface area contributed by atoms with Crippen molar-refractivity contribution in [1.29, 1.82) is 0 Å². The highest BCUT2D eigenvalue weighted by molar-refractivity contribution is 6.46. The van der Waals surface area contributed by atoms with Crippen molar-refractivity contribution >= 4 is 17.4 Å². The molecule has 1 fully saturated rings. The molecule has 1 N–H and O–H groups in total. The topological polar surface area (TPSA) is 78.0 Å². The molecule has 0 aliphatic carbocycles. The maximum Gasteiger partial charge on any atom is 0.295 e. The Morgan fingerprint density at radius 3 is 2.48 bits per heavy atom. The number of ketones is 1. The van der Waals surface area contributed by atoms with Gasteiger partial charge >= 0.3 is 0 Å². The Morgan fingerprint density at radius 1 is 1.16 bits per heavy atom. The molecule has 6 heteroatoms. The van der Waals surface area contributed by atoms with Crippen molar-refractivity contribution in [1.82, 2.24) is 4.90 Å². The van der Waals surface area contributed by atoms with Crippen molar-refractivity contribution in [3.8, 4) is 0 Å². The molecule has 3 rings (SSSR count). The molecule has 2 heterocycles. The number of furan rings is 1. The van der Waals surface area contributed by atoms with Crippen LogP contribution in [0, 0.1) is 0 Å². The fraction of sp³-hybridized carbons (Fsp3) is 0.263. The summed E-state index contributed by atoms with van der Waals surface area (Å²) in [5, 5.41) is 12.9. The maximum absolute atomic E-state index is 12.9. The summed E-state index contributed by atoms with van der Waals surface area (Å²) in [6.45, 7) is 1.02. The Balaban J connectivity index is 2.09. The number of benzene rings is 1. The summed E-state index contributed by atoms with van der Waals surface area (Å²) >= 11 is 0. The molecule has 0 radical (unpaired) electrons. The first-order valence-electron chi connectivity index (χ1n) is 8.15. The highest BCUT2D eigenvalue weighted by atomic mass is 16.3. The Labute approximate surface area is 146 Å². The molecule has 2 aromatic rings. The molecular formula is C19H20N2O4. The van der Waals surface area contributed by atoms with Gasteiger partial charge in [-0.2, -0.15) is 0 Å². The van der Waals surface area contributed by atoms with E-state index in [4.69, 9.17) is 4.42 Å². The van der Waals surface area contributed by atoms with Crippen molar-refractivity contribution in [2.45, 2.75) is 6.04 Å². The molecule has 1 aliphatic heterocycles. The number of likely N-dealkylation sites (N-methyl/N-ethyl adjacent to an activating group) is 1. The summed E-state index contributed by atoms with van der Waals surface area (Å²) in [5.74, 6) is -1.40. The van der Waals surface area contributed by atoms with E-state index in [1.807, 2.05) is 14.1 Å². The Bertz CT molecular complexity index is 794. The third kappa shape index (κ3) is 3.21. The smallest absolute Gasteiger partial charge is 0.295 e. The third-order valence-corrected chi connectivity index (χ3v) is 4.23. The molecule has 1 aromatic heterocycles. The standard InChI is InChI=1S/C19H20N2O4/c1-20(2)10-11-21-16(14-9-6-12-25-14)15(18(23)19(21)24)17(22)13-7-4-3-5-8-13/h3-9,12,16,22H,10-11H2,1-2H3. The lowest BCUT2D eigenvalue weighted by atomic mass is 9.99. The number of nitrogens with zero attached hydrogens (tertiary/aromatic N) is 1. The highest BCUT2D eigenvalue weighted by Crippen LogP contribution is 2.38. The molecular weight excluding hydrogens is 320 g/mol. The van der Waals surface area contributed by atoms with Gasteiger partial charge in [0.05, 0.1) is 33.4 Å². The predicted octanol–water partition coefficient (Wildman–Crippen LogP) is -0.352. The number of carbonyl (C=O) groups excluding carboxylic acids is 2. The normalized spacial score (nSPS) is 19.8. The molecule has 130 valence electrons. The van der Waals surface area contributed by atoms with Gasteiger partial charge in [0.1, 0.15) is 11.8 Å². The number of carbonyl (C=O) groups is 2. The SMILES string of the molecule is C[NH+](C)CCN1C(=O)C(=O)C(=C([O-])c2ccccc2)C1c1ccco1. The van der Waals surface area contributed by atoms with Crippen LogP contribution in [0.5, 0.6) is 0 Å². The average Bonchev–Trinajstić information content (AvgIpc) is 3.21. The average molecular weight is 340 g/mol. The van der Waals surface area contributed by atoms with Crippen molar-refractivity contribution in [2.24, 2.45) is 0 Å². The zero-order valence-electron chi connectivity index (χ0n) is 14.2. The molecule has 0 bridgehead atoms. The van der Waals surface area contributed by atoms with E-state index in [1.165, 1.54) is 11.2 Å². The number of amides is 1. The zero-order valence-corrected chi connectivity index (χ0v) is 14.2. The molecule has 1 atom stereocenters. The summed E-state index contributed by atoms with van der Waals surface area (Å²) in [6, 6.07) is 11.1. The van der Waals surface area contributed by atoms with Crippen LogP contribution in [-0.4, -0.2) is 43.8 Å². The first-order valence-corrected chi connectivity index (χ1v) is 8.15. The number of quaternary nitrogens is 1. The van der Waals surface area contributed by atoms with Crippen LogP contribution in [0.1, 0.15) is 17.4 Å². The van der Waals surface area contributed by atoms with Crippen molar-refractivity contribution in [3.05, 3.63) is 65.6 Å². The fourth-order valence-corrected chi connectivity index (χ4v) is 2.93. The molecule has 1 unspecified atom stereocenters. The minimum absolute atomic E-state index is 0.0418. The Morgan fingerprint density at radius 2 is 1.88 bits per heavy atom. The van der Waals surface area contributed by atoms with Crippen LogP contribution in [0.4, 0.5) is 0 Å². The minimum atomic E-state index is -0.776. The van der Waals surface area contributed by atoms with E-state index in [9.17, 15) is 14.7 Å². The molecule has 1 aromatic carbocycles. The lowest BCUT2D eigenvalue weighted by Gasteiger charge is -2.25. The number of nitrogens with one attached hydrogen (secondary N) is 1. The second-order valence-electron chi connectivity index (χ2n) is 6.31. The van der Waals surface area contributed by atoms with E-state index in [-0.39, 0.29) is 5.57 Å². The van der Waals surface area contributed by atoms with Gasteiger partial charge in [-0.3, -0.25) is 9.59 Å². The molecule has 6 nitrogen and oxygen atoms in total. The summed E-state index contributed by atoms with van der Waals surface area (Å²) in [6.07, 6.45) is 1.47. The van der Waals surface area contributed by atoms with E-state index in [0.29, 0.717) is 24.4 Å². The van der Waals surface area contributed by atoms with E-state index in [0.717, 1.165) is 4.90 Å². The summed E-state index contributed by atoms with van der Waals surface area (Å²) < 4.78 is 5.44. The first-order chi connectivity index (χ1) is 12.0. The van der Waals surface area contributed by atoms with E-state index in [1.54, 1.807) is 42.5 Å². The zero-order chi connectivity index (χ0) is 18.0. The van der Waals surface area contributed by atoms with Gasteiger partial charge in [-0.15, -0.1) is 0 Å². The van der Waals surface area contributed by atoms with Crippen LogP contribution in [0.2, 0.25) is 0 Å². The molecule has 0 saturated carbocycles. The van der Waals surface area contributed by atoms with E-state index >= 15 is 0 Å². The van der Waals surface area contributed by atoms with Gasteiger partial charge in [-0.25, -0.2) is 0 Å². The molecule has 25 heavy (non-hydrogen) atoms. The second-order valence-corrected chi connectivity index (χ2v) is 6.31. The van der Waals surface area contributed by atoms with Gasteiger partial charge in [0.25, 0.3) is 5.91 Å². The lowest BCUT2D eigenvalue weighted by Crippen LogP contribution is -3.06. The van der Waals surface area contributed by atoms with Gasteiger partial charge in [0.15, 0.2) is 0 Å². The van der Waals surface area contributed by atoms with Gasteiger partial charge in [-0.05, 0) is 17.7 Å². The predicted molar refractivity (Wildman–Crippen MR) is 89.2 cm³/mol. The Hall–Kier alpha value is -2.86. The molecule has 1 aliphatic rings. The van der Waals surface area contributed by atoms with Crippen LogP contribution in [-0.2, 0) is 9.59 Å². The summed E-state index contributed by atoms with van der Waals surface area (Å²) in [4.78, 5) is 27.7. The van der Waals surface area contributed by atoms with Gasteiger partial charge in [-0.1, -0.05) is 36.1 Å². The lowest BCUT2D eigenvalue weighted by molar-refractivity contribution is -0.857. The third-order valence-electron chi connectivity index (χ3n) is 4.23. The van der Waals surface area contributed by atoms with Gasteiger partial charge in [0.2, 0.25) is 5.78 Å². The van der Waals surface area contributed by atoms with Crippen LogP contribution < -0.4 is 10.0 Å². The van der Waals surface area contributed by atoms with Gasteiger partial charge < -0.3 is 19.3 Å². The van der Waals surface area contributed by atoms with E-state index in [2.05, 4.69) is 0 Å². The fourth-order valence-electron chi connectivity index (χ4n) is 2.93. The van der Waals surface area contributed by atoms with Crippen LogP contribution in [0.25, 0.3) is 5.76 Å². The number of likely N-dealkylation sites (tertiary alicyclic amines) is 1. The summed E-state index contributed by atoms with van der Waals surface area (Å²) in [5.41, 5.74) is 0.343. The van der Waals surface area contributed by atoms with Crippen molar-refractivity contribution < 1.29 is 24.0 Å². The number of hydrogen-bond donors (Lipinski definition) is 1. The van der Waals surface area contributed by atoms with Gasteiger partial charge in [0, 0.05) is 5.57 Å². The molecule has 0 spiro atoms. The largest absolute Gasteiger partial charge is 0.872 e. The van der Waals surface area contributed by atoms with Crippen LogP contribution in [0.15, 0.2) is 58.7 Å². The summed E-state index contributed by atoms with van der Waals surface area (Å²) in [7, 11) is 3.92. The second kappa shape index (κ2) is 6.94. The highest BCUT2D eigenvalue weighted by Gasteiger charge is 2.45. The van der Waals surface area contributed by atoms with Crippen LogP contribution in [0.3, 0.4) is 0 Å². The monoisotopic (exact) mass is 340 g/mol. The Kier molecular flexibility index (Phi) is 4.72. The first kappa shape index (κ1) is 17.0. The van der Waals surface area contributed by atoms with Crippen LogP contribution >= 0.6 is 0 Å². The van der Waals surface area contributed by atoms with Crippen molar-refractivity contribution in [3.63, 3.8) is 0 Å². The molecule has 1 saturated heterocycles. The molecule has 1 amide bonds. The van der Waals surface area contributed by atoms with E-state index < -0.39 is 23.5 Å². The number of hydrogen-bond acceptors (Lipinski definition) is 4. The minimum Gasteiger partial charge on any atom is -0.872 e.